The molecule has 2 aromatic carbocycles. The Morgan fingerprint density at radius 1 is 1.14 bits per heavy atom. The molecule has 0 saturated carbocycles. The average Bonchev–Trinajstić information content (AvgIpc) is 2.70. The van der Waals surface area contributed by atoms with Crippen LogP contribution in [0.1, 0.15) is 31.0 Å². The van der Waals surface area contributed by atoms with Crippen molar-refractivity contribution >= 4 is 28.4 Å². The van der Waals surface area contributed by atoms with E-state index in [-0.39, 0.29) is 11.7 Å². The van der Waals surface area contributed by atoms with Crippen molar-refractivity contribution in [1.82, 2.24) is 15.2 Å². The lowest BCUT2D eigenvalue weighted by Gasteiger charge is -2.42. The van der Waals surface area contributed by atoms with Crippen molar-refractivity contribution in [2.24, 2.45) is 0 Å². The third kappa shape index (κ3) is 4.11. The molecule has 0 bridgehead atoms. The van der Waals surface area contributed by atoms with Crippen molar-refractivity contribution in [3.8, 4) is 0 Å². The van der Waals surface area contributed by atoms with Crippen LogP contribution < -0.4 is 5.32 Å². The summed E-state index contributed by atoms with van der Waals surface area (Å²) >= 11 is 6.29. The highest BCUT2D eigenvalue weighted by atomic mass is 35.5. The van der Waals surface area contributed by atoms with Gasteiger partial charge >= 0.3 is 0 Å². The van der Waals surface area contributed by atoms with Gasteiger partial charge in [0.1, 0.15) is 5.82 Å². The van der Waals surface area contributed by atoms with Crippen LogP contribution in [0.2, 0.25) is 5.02 Å². The number of para-hydroxylation sites is 1. The Bertz CT molecular complexity index is 1050. The number of rotatable bonds is 4. The molecule has 0 atom stereocenters. The van der Waals surface area contributed by atoms with E-state index in [4.69, 9.17) is 16.6 Å². The van der Waals surface area contributed by atoms with E-state index in [1.54, 1.807) is 12.1 Å². The molecule has 1 amide bonds. The first-order chi connectivity index (χ1) is 14.0. The molecule has 3 aromatic rings. The Balaban J connectivity index is 1.52. The SMILES string of the molecule is CC(=O)NC1(c2ccccc2F)CCN(Cc2ccc3cccc(Cl)c3n2)CC1. The zero-order valence-corrected chi connectivity index (χ0v) is 17.0. The van der Waals surface area contributed by atoms with Crippen LogP contribution in [0.15, 0.2) is 54.6 Å². The molecule has 1 aliphatic heterocycles. The first-order valence-electron chi connectivity index (χ1n) is 9.77. The summed E-state index contributed by atoms with van der Waals surface area (Å²) < 4.78 is 14.5. The zero-order valence-electron chi connectivity index (χ0n) is 16.3. The minimum Gasteiger partial charge on any atom is -0.347 e. The van der Waals surface area contributed by atoms with Crippen LogP contribution in [0.4, 0.5) is 4.39 Å². The minimum atomic E-state index is -0.673. The van der Waals surface area contributed by atoms with Crippen LogP contribution in [0.5, 0.6) is 0 Å². The second-order valence-corrected chi connectivity index (χ2v) is 8.04. The summed E-state index contributed by atoms with van der Waals surface area (Å²) in [5.74, 6) is -0.423. The molecule has 29 heavy (non-hydrogen) atoms. The number of fused-ring (bicyclic) bond motifs is 1. The van der Waals surface area contributed by atoms with Gasteiger partial charge in [0.25, 0.3) is 0 Å². The molecule has 1 saturated heterocycles. The fraction of sp³-hybridized carbons (Fsp3) is 0.304. The molecule has 0 aliphatic carbocycles. The maximum Gasteiger partial charge on any atom is 0.217 e. The third-order valence-electron chi connectivity index (χ3n) is 5.63. The molecule has 2 heterocycles. The van der Waals surface area contributed by atoms with E-state index in [0.717, 1.165) is 29.7 Å². The predicted octanol–water partition coefficient (Wildman–Crippen LogP) is 4.65. The Labute approximate surface area is 174 Å². The van der Waals surface area contributed by atoms with E-state index < -0.39 is 5.54 Å². The number of benzene rings is 2. The molecule has 1 N–H and O–H groups in total. The van der Waals surface area contributed by atoms with Gasteiger partial charge in [-0.25, -0.2) is 9.37 Å². The summed E-state index contributed by atoms with van der Waals surface area (Å²) in [6.07, 6.45) is 1.28. The lowest BCUT2D eigenvalue weighted by Crippen LogP contribution is -2.52. The van der Waals surface area contributed by atoms with Crippen molar-refractivity contribution in [2.75, 3.05) is 13.1 Å². The molecule has 1 aliphatic rings. The van der Waals surface area contributed by atoms with Crippen molar-refractivity contribution in [1.29, 1.82) is 0 Å². The summed E-state index contributed by atoms with van der Waals surface area (Å²) in [5, 5.41) is 4.69. The van der Waals surface area contributed by atoms with Crippen molar-refractivity contribution in [2.45, 2.75) is 31.8 Å². The van der Waals surface area contributed by atoms with Gasteiger partial charge in [-0.1, -0.05) is 48.0 Å². The summed E-state index contributed by atoms with van der Waals surface area (Å²) in [4.78, 5) is 18.9. The van der Waals surface area contributed by atoms with E-state index in [1.807, 2.05) is 36.4 Å². The summed E-state index contributed by atoms with van der Waals surface area (Å²) in [7, 11) is 0. The minimum absolute atomic E-state index is 0.146. The molecule has 4 nitrogen and oxygen atoms in total. The van der Waals surface area contributed by atoms with E-state index >= 15 is 0 Å². The number of amides is 1. The van der Waals surface area contributed by atoms with Gasteiger partial charge in [0.15, 0.2) is 0 Å². The average molecular weight is 412 g/mol. The third-order valence-corrected chi connectivity index (χ3v) is 5.93. The van der Waals surface area contributed by atoms with Gasteiger partial charge in [-0.05, 0) is 31.0 Å². The van der Waals surface area contributed by atoms with Gasteiger partial charge < -0.3 is 5.32 Å². The first-order valence-corrected chi connectivity index (χ1v) is 10.1. The Morgan fingerprint density at radius 3 is 2.62 bits per heavy atom. The smallest absolute Gasteiger partial charge is 0.217 e. The van der Waals surface area contributed by atoms with Crippen molar-refractivity contribution in [3.05, 3.63) is 76.7 Å². The molecule has 4 rings (SSSR count). The largest absolute Gasteiger partial charge is 0.347 e. The molecule has 6 heteroatoms. The van der Waals surface area contributed by atoms with Crippen LogP contribution in [0, 0.1) is 5.82 Å². The topological polar surface area (TPSA) is 45.2 Å². The molecule has 1 fully saturated rings. The number of pyridine rings is 1. The van der Waals surface area contributed by atoms with Crippen molar-refractivity contribution < 1.29 is 9.18 Å². The van der Waals surface area contributed by atoms with E-state index in [1.165, 1.54) is 13.0 Å². The molecule has 1 aromatic heterocycles. The monoisotopic (exact) mass is 411 g/mol. The van der Waals surface area contributed by atoms with Crippen LogP contribution in [0.3, 0.4) is 0 Å². The van der Waals surface area contributed by atoms with Gasteiger partial charge in [-0.3, -0.25) is 9.69 Å². The Hall–Kier alpha value is -2.50. The summed E-state index contributed by atoms with van der Waals surface area (Å²) in [6, 6.07) is 16.5. The standard InChI is InChI=1S/C23H23ClFN3O/c1-16(29)27-23(19-6-2-3-8-21(19)25)11-13-28(14-12-23)15-18-10-9-17-5-4-7-20(24)22(17)26-18/h2-10H,11-15H2,1H3,(H,27,29). The summed E-state index contributed by atoms with van der Waals surface area (Å²) in [6.45, 7) is 3.64. The van der Waals surface area contributed by atoms with Crippen LogP contribution >= 0.6 is 11.6 Å². The second kappa shape index (κ2) is 8.09. The number of carbonyl (C=O) groups excluding carboxylic acids is 1. The number of nitrogens with zero attached hydrogens (tertiary/aromatic N) is 2. The molecule has 0 unspecified atom stereocenters. The maximum atomic E-state index is 14.5. The number of halogens is 2. The highest BCUT2D eigenvalue weighted by Gasteiger charge is 2.38. The fourth-order valence-corrected chi connectivity index (χ4v) is 4.43. The Kier molecular flexibility index (Phi) is 5.52. The number of hydrogen-bond donors (Lipinski definition) is 1. The van der Waals surface area contributed by atoms with Crippen LogP contribution in [-0.2, 0) is 16.9 Å². The van der Waals surface area contributed by atoms with Crippen molar-refractivity contribution in [3.63, 3.8) is 0 Å². The normalized spacial score (nSPS) is 16.7. The maximum absolute atomic E-state index is 14.5. The molecular weight excluding hydrogens is 389 g/mol. The van der Waals surface area contributed by atoms with E-state index in [0.29, 0.717) is 30.0 Å². The van der Waals surface area contributed by atoms with Crippen LogP contribution in [0.25, 0.3) is 10.9 Å². The lowest BCUT2D eigenvalue weighted by molar-refractivity contribution is -0.121. The highest BCUT2D eigenvalue weighted by Crippen LogP contribution is 2.35. The van der Waals surface area contributed by atoms with Gasteiger partial charge in [-0.2, -0.15) is 0 Å². The molecule has 150 valence electrons. The van der Waals surface area contributed by atoms with Crippen LogP contribution in [-0.4, -0.2) is 28.9 Å². The number of hydrogen-bond acceptors (Lipinski definition) is 3. The van der Waals surface area contributed by atoms with Gasteiger partial charge in [-0.15, -0.1) is 0 Å². The highest BCUT2D eigenvalue weighted by molar-refractivity contribution is 6.35. The quantitative estimate of drug-likeness (QED) is 0.679. The number of piperidine rings is 1. The van der Waals surface area contributed by atoms with Gasteiger partial charge in [0.2, 0.25) is 5.91 Å². The van der Waals surface area contributed by atoms with Gasteiger partial charge in [0, 0.05) is 37.5 Å². The second-order valence-electron chi connectivity index (χ2n) is 7.63. The number of aromatic nitrogens is 1. The Morgan fingerprint density at radius 2 is 1.90 bits per heavy atom. The van der Waals surface area contributed by atoms with E-state index in [2.05, 4.69) is 10.2 Å². The first kappa shape index (κ1) is 19.8. The van der Waals surface area contributed by atoms with Gasteiger partial charge in [0.05, 0.1) is 21.8 Å². The summed E-state index contributed by atoms with van der Waals surface area (Å²) in [5.41, 5.74) is 1.64. The lowest BCUT2D eigenvalue weighted by atomic mass is 9.80. The number of carbonyl (C=O) groups is 1. The molecule has 0 spiro atoms. The molecule has 0 radical (unpaired) electrons. The number of nitrogens with one attached hydrogen (secondary N) is 1. The zero-order chi connectivity index (χ0) is 20.4. The predicted molar refractivity (Wildman–Crippen MR) is 113 cm³/mol. The molecular formula is C23H23ClFN3O. The fourth-order valence-electron chi connectivity index (χ4n) is 4.21. The number of likely N-dealkylation sites (tertiary alicyclic amines) is 1. The van der Waals surface area contributed by atoms with E-state index in [9.17, 15) is 9.18 Å².